The normalized spacial score (nSPS) is 11.4. The van der Waals surface area contributed by atoms with Crippen molar-refractivity contribution < 1.29 is 4.79 Å². The van der Waals surface area contributed by atoms with Gasteiger partial charge in [-0.2, -0.15) is 0 Å². The van der Waals surface area contributed by atoms with Crippen LogP contribution in [-0.4, -0.2) is 18.6 Å². The van der Waals surface area contributed by atoms with Gasteiger partial charge in [0.15, 0.2) is 0 Å². The maximum Gasteiger partial charge on any atom is 0.315 e. The first-order valence-electron chi connectivity index (χ1n) is 6.02. The minimum Gasteiger partial charge on any atom is -0.337 e. The van der Waals surface area contributed by atoms with Crippen molar-refractivity contribution in [3.8, 4) is 0 Å². The van der Waals surface area contributed by atoms with Gasteiger partial charge in [-0.05, 0) is 19.4 Å². The van der Waals surface area contributed by atoms with Crippen molar-refractivity contribution >= 4 is 6.03 Å². The van der Waals surface area contributed by atoms with Crippen LogP contribution in [0, 0.1) is 0 Å². The molecule has 0 aromatic heterocycles. The summed E-state index contributed by atoms with van der Waals surface area (Å²) in [6, 6.07) is 10.3. The molecule has 0 aliphatic heterocycles. The molecule has 0 saturated heterocycles. The van der Waals surface area contributed by atoms with Gasteiger partial charge in [0.25, 0.3) is 0 Å². The number of benzene rings is 1. The Morgan fingerprint density at radius 1 is 1.24 bits per heavy atom. The van der Waals surface area contributed by atoms with Crippen LogP contribution in [-0.2, 0) is 5.41 Å². The Kier molecular flexibility index (Phi) is 4.55. The van der Waals surface area contributed by atoms with Crippen LogP contribution in [0.4, 0.5) is 4.79 Å². The van der Waals surface area contributed by atoms with Gasteiger partial charge in [-0.15, -0.1) is 0 Å². The van der Waals surface area contributed by atoms with E-state index in [-0.39, 0.29) is 17.5 Å². The van der Waals surface area contributed by atoms with Crippen LogP contribution in [0.3, 0.4) is 0 Å². The first-order valence-corrected chi connectivity index (χ1v) is 6.02. The van der Waals surface area contributed by atoms with Crippen LogP contribution >= 0.6 is 0 Å². The lowest BCUT2D eigenvalue weighted by Gasteiger charge is -2.26. The second kappa shape index (κ2) is 5.71. The molecule has 0 spiro atoms. The third-order valence-corrected chi connectivity index (χ3v) is 2.67. The van der Waals surface area contributed by atoms with Crippen molar-refractivity contribution in [1.29, 1.82) is 0 Å². The predicted octanol–water partition coefficient (Wildman–Crippen LogP) is 2.67. The molecule has 2 amide bonds. The van der Waals surface area contributed by atoms with E-state index in [0.29, 0.717) is 6.54 Å². The molecule has 0 saturated carbocycles. The lowest BCUT2D eigenvalue weighted by Crippen LogP contribution is -2.44. The van der Waals surface area contributed by atoms with Gasteiger partial charge >= 0.3 is 6.03 Å². The molecule has 0 fully saturated rings. The van der Waals surface area contributed by atoms with E-state index < -0.39 is 0 Å². The molecule has 2 N–H and O–H groups in total. The molecule has 3 nitrogen and oxygen atoms in total. The van der Waals surface area contributed by atoms with Crippen molar-refractivity contribution in [3.05, 3.63) is 35.9 Å². The minimum atomic E-state index is -0.107. The van der Waals surface area contributed by atoms with Gasteiger partial charge in [0, 0.05) is 18.0 Å². The van der Waals surface area contributed by atoms with Crippen molar-refractivity contribution in [2.45, 2.75) is 39.2 Å². The van der Waals surface area contributed by atoms with E-state index in [2.05, 4.69) is 36.6 Å². The maximum absolute atomic E-state index is 11.5. The van der Waals surface area contributed by atoms with Gasteiger partial charge in [-0.3, -0.25) is 0 Å². The molecule has 1 rings (SSSR count). The van der Waals surface area contributed by atoms with Crippen molar-refractivity contribution in [1.82, 2.24) is 10.6 Å². The molecule has 1 aromatic carbocycles. The Labute approximate surface area is 104 Å². The summed E-state index contributed by atoms with van der Waals surface area (Å²) in [6.45, 7) is 8.76. The highest BCUT2D eigenvalue weighted by atomic mass is 16.2. The van der Waals surface area contributed by atoms with E-state index in [4.69, 9.17) is 0 Å². The zero-order valence-corrected chi connectivity index (χ0v) is 11.1. The Morgan fingerprint density at radius 3 is 2.35 bits per heavy atom. The monoisotopic (exact) mass is 234 g/mol. The zero-order valence-electron chi connectivity index (χ0n) is 11.1. The summed E-state index contributed by atoms with van der Waals surface area (Å²) < 4.78 is 0. The molecule has 94 valence electrons. The molecule has 0 aliphatic rings. The van der Waals surface area contributed by atoms with E-state index >= 15 is 0 Å². The molecule has 1 aromatic rings. The lowest BCUT2D eigenvalue weighted by atomic mass is 9.85. The second-order valence-electron chi connectivity index (χ2n) is 5.23. The molecule has 0 atom stereocenters. The third-order valence-electron chi connectivity index (χ3n) is 2.67. The number of nitrogens with one attached hydrogen (secondary N) is 2. The summed E-state index contributed by atoms with van der Waals surface area (Å²) in [5, 5.41) is 5.72. The summed E-state index contributed by atoms with van der Waals surface area (Å²) >= 11 is 0. The molecule has 0 bridgehead atoms. The lowest BCUT2D eigenvalue weighted by molar-refractivity contribution is 0.236. The Morgan fingerprint density at radius 2 is 1.82 bits per heavy atom. The molecule has 0 radical (unpaired) electrons. The van der Waals surface area contributed by atoms with Gasteiger partial charge in [0.05, 0.1) is 0 Å². The first kappa shape index (κ1) is 13.6. The van der Waals surface area contributed by atoms with Crippen LogP contribution in [0.1, 0.15) is 33.3 Å². The van der Waals surface area contributed by atoms with Crippen LogP contribution in [0.2, 0.25) is 0 Å². The fourth-order valence-corrected chi connectivity index (χ4v) is 1.61. The number of amides is 2. The fraction of sp³-hybridized carbons (Fsp3) is 0.500. The summed E-state index contributed by atoms with van der Waals surface area (Å²) in [4.78, 5) is 11.5. The molecule has 0 unspecified atom stereocenters. The maximum atomic E-state index is 11.5. The number of rotatable bonds is 4. The number of hydrogen-bond donors (Lipinski definition) is 2. The average molecular weight is 234 g/mol. The standard InChI is InChI=1S/C14H22N2O/c1-11(2)16-13(17)15-10-14(3,4)12-8-6-5-7-9-12/h5-9,11H,10H2,1-4H3,(H2,15,16,17). The van der Waals surface area contributed by atoms with E-state index in [1.165, 1.54) is 5.56 Å². The number of urea groups is 1. The summed E-state index contributed by atoms with van der Waals surface area (Å²) in [6.07, 6.45) is 0. The molecule has 17 heavy (non-hydrogen) atoms. The molecular weight excluding hydrogens is 212 g/mol. The second-order valence-corrected chi connectivity index (χ2v) is 5.23. The Bertz CT molecular complexity index is 358. The Balaban J connectivity index is 2.53. The smallest absolute Gasteiger partial charge is 0.315 e. The van der Waals surface area contributed by atoms with Crippen LogP contribution in [0.25, 0.3) is 0 Å². The largest absolute Gasteiger partial charge is 0.337 e. The highest BCUT2D eigenvalue weighted by Crippen LogP contribution is 2.21. The van der Waals surface area contributed by atoms with Crippen molar-refractivity contribution in [2.24, 2.45) is 0 Å². The molecule has 3 heteroatoms. The van der Waals surface area contributed by atoms with Gasteiger partial charge in [0.1, 0.15) is 0 Å². The zero-order chi connectivity index (χ0) is 12.9. The summed E-state index contributed by atoms with van der Waals surface area (Å²) in [7, 11) is 0. The topological polar surface area (TPSA) is 41.1 Å². The van der Waals surface area contributed by atoms with E-state index in [0.717, 1.165) is 0 Å². The van der Waals surface area contributed by atoms with Gasteiger partial charge in [0.2, 0.25) is 0 Å². The highest BCUT2D eigenvalue weighted by Gasteiger charge is 2.20. The number of hydrogen-bond acceptors (Lipinski definition) is 1. The fourth-order valence-electron chi connectivity index (χ4n) is 1.61. The molecular formula is C14H22N2O. The van der Waals surface area contributed by atoms with E-state index in [1.54, 1.807) is 0 Å². The van der Waals surface area contributed by atoms with Crippen LogP contribution in [0.15, 0.2) is 30.3 Å². The number of carbonyl (C=O) groups is 1. The van der Waals surface area contributed by atoms with Gasteiger partial charge in [-0.25, -0.2) is 4.79 Å². The van der Waals surface area contributed by atoms with Crippen molar-refractivity contribution in [2.75, 3.05) is 6.54 Å². The van der Waals surface area contributed by atoms with Crippen LogP contribution < -0.4 is 10.6 Å². The molecule has 0 heterocycles. The Hall–Kier alpha value is -1.51. The molecule has 0 aliphatic carbocycles. The van der Waals surface area contributed by atoms with E-state index in [1.807, 2.05) is 32.0 Å². The number of carbonyl (C=O) groups excluding carboxylic acids is 1. The predicted molar refractivity (Wildman–Crippen MR) is 71.1 cm³/mol. The first-order chi connectivity index (χ1) is 7.92. The highest BCUT2D eigenvalue weighted by molar-refractivity contribution is 5.74. The van der Waals surface area contributed by atoms with Crippen LogP contribution in [0.5, 0.6) is 0 Å². The van der Waals surface area contributed by atoms with Crippen molar-refractivity contribution in [3.63, 3.8) is 0 Å². The summed E-state index contributed by atoms with van der Waals surface area (Å²) in [5.41, 5.74) is 1.17. The third kappa shape index (κ3) is 4.47. The minimum absolute atomic E-state index is 0.0599. The average Bonchev–Trinajstić information content (AvgIpc) is 2.27. The quantitative estimate of drug-likeness (QED) is 0.826. The van der Waals surface area contributed by atoms with Gasteiger partial charge < -0.3 is 10.6 Å². The summed E-state index contributed by atoms with van der Waals surface area (Å²) in [5.74, 6) is 0. The van der Waals surface area contributed by atoms with Gasteiger partial charge in [-0.1, -0.05) is 44.2 Å². The van der Waals surface area contributed by atoms with E-state index in [9.17, 15) is 4.79 Å². The SMILES string of the molecule is CC(C)NC(=O)NCC(C)(C)c1ccccc1.